The molecule has 0 rings (SSSR count). The standard InChI is InChI=1S/C2H5NO2.CH4O3S/c1-2(4)5-3;1-5(2,3)4/h3H2,1H3;1H3,(H,2,3,4). The van der Waals surface area contributed by atoms with Gasteiger partial charge in [-0.2, -0.15) is 14.3 Å². The zero-order valence-corrected chi connectivity index (χ0v) is 6.38. The van der Waals surface area contributed by atoms with E-state index in [-0.39, 0.29) is 0 Å². The van der Waals surface area contributed by atoms with Crippen LogP contribution in [-0.2, 0) is 19.8 Å². The molecule has 0 spiro atoms. The molecule has 0 aliphatic heterocycles. The lowest BCUT2D eigenvalue weighted by atomic mass is 10.8. The fourth-order valence-corrected chi connectivity index (χ4v) is 0. The average Bonchev–Trinajstić information content (AvgIpc) is 1.61. The van der Waals surface area contributed by atoms with Gasteiger partial charge in [-0.1, -0.05) is 0 Å². The molecule has 0 aromatic heterocycles. The van der Waals surface area contributed by atoms with Crippen molar-refractivity contribution < 1.29 is 22.6 Å². The van der Waals surface area contributed by atoms with Gasteiger partial charge in [-0.25, -0.2) is 0 Å². The normalized spacial score (nSPS) is 9.20. The Labute approximate surface area is 58.7 Å². The number of carbonyl (C=O) groups excluding carboxylic acids is 1. The Kier molecular flexibility index (Phi) is 6.21. The molecule has 0 radical (unpaired) electrons. The summed E-state index contributed by atoms with van der Waals surface area (Å²) in [7, 11) is -3.67. The number of carbonyl (C=O) groups is 1. The second kappa shape index (κ2) is 5.15. The van der Waals surface area contributed by atoms with Gasteiger partial charge in [0.15, 0.2) is 0 Å². The van der Waals surface area contributed by atoms with E-state index in [1.54, 1.807) is 0 Å². The smallest absolute Gasteiger partial charge is 0.321 e. The van der Waals surface area contributed by atoms with E-state index < -0.39 is 16.1 Å². The maximum Gasteiger partial charge on any atom is 0.321 e. The third-order valence-corrected chi connectivity index (χ3v) is 0.166. The Morgan fingerprint density at radius 1 is 1.60 bits per heavy atom. The molecule has 62 valence electrons. The summed E-state index contributed by atoms with van der Waals surface area (Å²) in [5.41, 5.74) is 0. The topological polar surface area (TPSA) is 107 Å². The average molecular weight is 171 g/mol. The molecule has 0 bridgehead atoms. The van der Waals surface area contributed by atoms with Gasteiger partial charge in [0, 0.05) is 6.92 Å². The van der Waals surface area contributed by atoms with Crippen molar-refractivity contribution in [3.8, 4) is 0 Å². The zero-order chi connectivity index (χ0) is 8.78. The summed E-state index contributed by atoms with van der Waals surface area (Å²) in [6.45, 7) is 1.24. The van der Waals surface area contributed by atoms with Gasteiger partial charge in [0.1, 0.15) is 0 Å². The van der Waals surface area contributed by atoms with Crippen LogP contribution < -0.4 is 5.90 Å². The van der Waals surface area contributed by atoms with Crippen molar-refractivity contribution >= 4 is 16.1 Å². The lowest BCUT2D eigenvalue weighted by molar-refractivity contribution is -0.141. The van der Waals surface area contributed by atoms with E-state index in [0.717, 1.165) is 0 Å². The maximum absolute atomic E-state index is 9.47. The fourth-order valence-electron chi connectivity index (χ4n) is 0. The van der Waals surface area contributed by atoms with Gasteiger partial charge in [0.05, 0.1) is 6.26 Å². The molecule has 0 atom stereocenters. The van der Waals surface area contributed by atoms with Crippen LogP contribution in [0.3, 0.4) is 0 Å². The maximum atomic E-state index is 9.47. The fraction of sp³-hybridized carbons (Fsp3) is 0.667. The molecule has 10 heavy (non-hydrogen) atoms. The predicted octanol–water partition coefficient (Wildman–Crippen LogP) is -1.07. The van der Waals surface area contributed by atoms with Gasteiger partial charge in [-0.05, 0) is 0 Å². The van der Waals surface area contributed by atoms with Crippen LogP contribution in [-0.4, -0.2) is 25.2 Å². The predicted molar refractivity (Wildman–Crippen MR) is 33.4 cm³/mol. The van der Waals surface area contributed by atoms with Gasteiger partial charge >= 0.3 is 5.97 Å². The molecule has 0 aliphatic carbocycles. The molecule has 0 fully saturated rings. The Morgan fingerprint density at radius 2 is 1.70 bits per heavy atom. The third kappa shape index (κ3) is 164. The molecule has 0 saturated carbocycles. The summed E-state index contributed by atoms with van der Waals surface area (Å²) in [5.74, 6) is 3.85. The van der Waals surface area contributed by atoms with Gasteiger partial charge in [-0.15, -0.1) is 0 Å². The summed E-state index contributed by atoms with van der Waals surface area (Å²) < 4.78 is 25.9. The van der Waals surface area contributed by atoms with Crippen molar-refractivity contribution in [2.24, 2.45) is 5.90 Å². The Hall–Kier alpha value is -0.660. The van der Waals surface area contributed by atoms with Crippen molar-refractivity contribution in [3.05, 3.63) is 0 Å². The highest BCUT2D eigenvalue weighted by molar-refractivity contribution is 7.85. The minimum absolute atomic E-state index is 0.468. The molecule has 6 nitrogen and oxygen atoms in total. The van der Waals surface area contributed by atoms with E-state index in [4.69, 9.17) is 4.55 Å². The molecule has 0 amide bonds. The van der Waals surface area contributed by atoms with E-state index in [1.165, 1.54) is 6.92 Å². The van der Waals surface area contributed by atoms with E-state index in [9.17, 15) is 13.2 Å². The Balaban J connectivity index is 0. The largest absolute Gasteiger partial charge is 0.374 e. The second-order valence-electron chi connectivity index (χ2n) is 1.34. The first-order valence-corrected chi connectivity index (χ1v) is 3.92. The summed E-state index contributed by atoms with van der Waals surface area (Å²) in [4.78, 5) is 13.1. The molecular weight excluding hydrogens is 162 g/mol. The molecule has 0 aromatic carbocycles. The van der Waals surface area contributed by atoms with Gasteiger partial charge in [-0.3, -0.25) is 9.35 Å². The molecule has 7 heteroatoms. The zero-order valence-electron chi connectivity index (χ0n) is 5.57. The van der Waals surface area contributed by atoms with Gasteiger partial charge in [0.2, 0.25) is 0 Å². The SMILES string of the molecule is CC(=O)ON.CS(=O)(=O)O. The van der Waals surface area contributed by atoms with Crippen LogP contribution in [0.15, 0.2) is 0 Å². The van der Waals surface area contributed by atoms with Crippen LogP contribution in [0.5, 0.6) is 0 Å². The van der Waals surface area contributed by atoms with Gasteiger partial charge in [0.25, 0.3) is 10.1 Å². The van der Waals surface area contributed by atoms with Crippen LogP contribution >= 0.6 is 0 Å². The van der Waals surface area contributed by atoms with Crippen molar-refractivity contribution in [2.45, 2.75) is 6.92 Å². The Bertz CT molecular complexity index is 175. The summed E-state index contributed by atoms with van der Waals surface area (Å²) in [5, 5.41) is 0. The summed E-state index contributed by atoms with van der Waals surface area (Å²) in [6.07, 6.45) is 0.715. The minimum Gasteiger partial charge on any atom is -0.374 e. The number of rotatable bonds is 0. The van der Waals surface area contributed by atoms with Crippen LogP contribution in [0.25, 0.3) is 0 Å². The highest BCUT2D eigenvalue weighted by Crippen LogP contribution is 1.60. The van der Waals surface area contributed by atoms with Crippen molar-refractivity contribution in [3.63, 3.8) is 0 Å². The molecule has 0 unspecified atom stereocenters. The molecule has 0 aliphatic rings. The van der Waals surface area contributed by atoms with E-state index in [0.29, 0.717) is 6.26 Å². The molecule has 3 N–H and O–H groups in total. The first-order valence-electron chi connectivity index (χ1n) is 2.07. The molecule has 0 saturated heterocycles. The van der Waals surface area contributed by atoms with E-state index in [1.807, 2.05) is 0 Å². The summed E-state index contributed by atoms with van der Waals surface area (Å²) >= 11 is 0. The Morgan fingerprint density at radius 3 is 1.70 bits per heavy atom. The highest BCUT2D eigenvalue weighted by atomic mass is 32.2. The molecule has 0 heterocycles. The van der Waals surface area contributed by atoms with Crippen molar-refractivity contribution in [1.82, 2.24) is 0 Å². The van der Waals surface area contributed by atoms with E-state index >= 15 is 0 Å². The van der Waals surface area contributed by atoms with Crippen molar-refractivity contribution in [2.75, 3.05) is 6.26 Å². The van der Waals surface area contributed by atoms with E-state index in [2.05, 4.69) is 10.7 Å². The van der Waals surface area contributed by atoms with Crippen LogP contribution in [0.4, 0.5) is 0 Å². The molecular formula is C3H9NO5S. The minimum atomic E-state index is -3.67. The lowest BCUT2D eigenvalue weighted by Gasteiger charge is -1.79. The summed E-state index contributed by atoms with van der Waals surface area (Å²) in [6, 6.07) is 0. The monoisotopic (exact) mass is 171 g/mol. The lowest BCUT2D eigenvalue weighted by Crippen LogP contribution is -2.03. The first-order chi connectivity index (χ1) is 4.27. The van der Waals surface area contributed by atoms with Crippen LogP contribution in [0, 0.1) is 0 Å². The van der Waals surface area contributed by atoms with Gasteiger partial charge < -0.3 is 4.84 Å². The number of nitrogens with two attached hydrogens (primary N) is 1. The second-order valence-corrected chi connectivity index (χ2v) is 2.81. The highest BCUT2D eigenvalue weighted by Gasteiger charge is 1.81. The van der Waals surface area contributed by atoms with Crippen LogP contribution in [0.2, 0.25) is 0 Å². The quantitative estimate of drug-likeness (QED) is 0.355. The van der Waals surface area contributed by atoms with Crippen molar-refractivity contribution in [1.29, 1.82) is 0 Å². The van der Waals surface area contributed by atoms with Crippen LogP contribution in [0.1, 0.15) is 6.92 Å². The first kappa shape index (κ1) is 12.1. The number of hydrogen-bond acceptors (Lipinski definition) is 5. The third-order valence-electron chi connectivity index (χ3n) is 0.166. The number of hydrogen-bond donors (Lipinski definition) is 2. The molecule has 0 aromatic rings.